The van der Waals surface area contributed by atoms with Gasteiger partial charge in [-0.2, -0.15) is 0 Å². The second-order valence-corrected chi connectivity index (χ2v) is 9.32. The number of nitrogens with zero attached hydrogens (tertiary/aromatic N) is 2. The molecule has 0 radical (unpaired) electrons. The Labute approximate surface area is 228 Å². The highest BCUT2D eigenvalue weighted by molar-refractivity contribution is 6.05. The molecule has 0 aliphatic carbocycles. The van der Waals surface area contributed by atoms with Crippen LogP contribution >= 0.6 is 0 Å². The highest BCUT2D eigenvalue weighted by Gasteiger charge is 2.23. The van der Waals surface area contributed by atoms with Crippen molar-refractivity contribution >= 4 is 34.9 Å². The lowest BCUT2D eigenvalue weighted by molar-refractivity contribution is 0.0951. The van der Waals surface area contributed by atoms with Gasteiger partial charge in [-0.05, 0) is 62.2 Å². The summed E-state index contributed by atoms with van der Waals surface area (Å²) in [5.41, 5.74) is 4.31. The number of rotatable bonds is 10. The standard InChI is InChI=1S/C29H36N6O4/c1-3-30-29(38)32-14-7-13-31-27(36)22-11-12-25(23(20-22)33-28(37)26-10-6-19-39-26)35-17-15-34(16-18-35)24-9-5-4-8-21(24)2/h4-6,8-12,19-20H,3,7,13-18H2,1-2H3,(H,31,36)(H,33,37)(H2,30,32,38). The molecule has 0 bridgehead atoms. The van der Waals surface area contributed by atoms with E-state index in [0.29, 0.717) is 37.3 Å². The van der Waals surface area contributed by atoms with Crippen LogP contribution in [0.1, 0.15) is 39.8 Å². The van der Waals surface area contributed by atoms with Crippen LogP contribution in [0.5, 0.6) is 0 Å². The third-order valence-corrected chi connectivity index (χ3v) is 6.59. The van der Waals surface area contributed by atoms with E-state index in [0.717, 1.165) is 31.9 Å². The van der Waals surface area contributed by atoms with Crippen molar-refractivity contribution < 1.29 is 18.8 Å². The van der Waals surface area contributed by atoms with Crippen LogP contribution in [-0.2, 0) is 0 Å². The SMILES string of the molecule is CCNC(=O)NCCCNC(=O)c1ccc(N2CCN(c3ccccc3C)CC2)c(NC(=O)c2ccco2)c1. The molecule has 0 saturated carbocycles. The summed E-state index contributed by atoms with van der Waals surface area (Å²) < 4.78 is 5.27. The summed E-state index contributed by atoms with van der Waals surface area (Å²) in [6.45, 7) is 8.58. The monoisotopic (exact) mass is 532 g/mol. The topological polar surface area (TPSA) is 119 Å². The summed E-state index contributed by atoms with van der Waals surface area (Å²) in [5.74, 6) is -0.439. The maximum Gasteiger partial charge on any atom is 0.314 e. The van der Waals surface area contributed by atoms with Crippen LogP contribution in [0.15, 0.2) is 65.3 Å². The molecule has 206 valence electrons. The molecule has 1 aliphatic heterocycles. The molecule has 0 spiro atoms. The Hall–Kier alpha value is -4.47. The molecule has 2 aromatic carbocycles. The normalized spacial score (nSPS) is 13.1. The summed E-state index contributed by atoms with van der Waals surface area (Å²) in [5, 5.41) is 11.2. The lowest BCUT2D eigenvalue weighted by Gasteiger charge is -2.38. The number of carbonyl (C=O) groups excluding carboxylic acids is 3. The van der Waals surface area contributed by atoms with Crippen LogP contribution < -0.4 is 31.1 Å². The van der Waals surface area contributed by atoms with E-state index in [2.05, 4.69) is 56.2 Å². The predicted molar refractivity (Wildman–Crippen MR) is 153 cm³/mol. The summed E-state index contributed by atoms with van der Waals surface area (Å²) in [7, 11) is 0. The van der Waals surface area contributed by atoms with Crippen LogP contribution in [0.3, 0.4) is 0 Å². The molecule has 4 amide bonds. The molecular formula is C29H36N6O4. The molecule has 3 aromatic rings. The van der Waals surface area contributed by atoms with Crippen LogP contribution in [-0.4, -0.2) is 63.7 Å². The minimum Gasteiger partial charge on any atom is -0.459 e. The Balaban J connectivity index is 1.43. The van der Waals surface area contributed by atoms with E-state index in [1.54, 1.807) is 24.3 Å². The lowest BCUT2D eigenvalue weighted by Crippen LogP contribution is -2.47. The number of hydrogen-bond donors (Lipinski definition) is 4. The van der Waals surface area contributed by atoms with E-state index < -0.39 is 0 Å². The minimum atomic E-state index is -0.381. The van der Waals surface area contributed by atoms with Gasteiger partial charge in [-0.1, -0.05) is 18.2 Å². The molecule has 1 saturated heterocycles. The zero-order valence-electron chi connectivity index (χ0n) is 22.5. The van der Waals surface area contributed by atoms with Crippen molar-refractivity contribution in [2.45, 2.75) is 20.3 Å². The van der Waals surface area contributed by atoms with Crippen molar-refractivity contribution in [2.75, 3.05) is 60.9 Å². The molecule has 1 aromatic heterocycles. The van der Waals surface area contributed by atoms with Gasteiger partial charge in [-0.15, -0.1) is 0 Å². The molecule has 10 heteroatoms. The first kappa shape index (κ1) is 27.6. The zero-order valence-corrected chi connectivity index (χ0v) is 22.5. The first-order chi connectivity index (χ1) is 19.0. The minimum absolute atomic E-state index is 0.194. The molecule has 2 heterocycles. The second kappa shape index (κ2) is 13.4. The third kappa shape index (κ3) is 7.31. The Kier molecular flexibility index (Phi) is 9.44. The van der Waals surface area contributed by atoms with Crippen LogP contribution in [0.25, 0.3) is 0 Å². The van der Waals surface area contributed by atoms with Gasteiger partial charge < -0.3 is 35.5 Å². The van der Waals surface area contributed by atoms with Crippen LogP contribution in [0, 0.1) is 6.92 Å². The molecule has 39 heavy (non-hydrogen) atoms. The molecule has 0 atom stereocenters. The van der Waals surface area contributed by atoms with Crippen molar-refractivity contribution in [1.82, 2.24) is 16.0 Å². The Morgan fingerprint density at radius 1 is 0.821 bits per heavy atom. The van der Waals surface area contributed by atoms with Gasteiger partial charge in [-0.3, -0.25) is 9.59 Å². The molecule has 1 fully saturated rings. The predicted octanol–water partition coefficient (Wildman–Crippen LogP) is 3.61. The number of aryl methyl sites for hydroxylation is 1. The van der Waals surface area contributed by atoms with Gasteiger partial charge >= 0.3 is 6.03 Å². The van der Waals surface area contributed by atoms with Gasteiger partial charge in [0.05, 0.1) is 17.6 Å². The second-order valence-electron chi connectivity index (χ2n) is 9.32. The molecule has 10 nitrogen and oxygen atoms in total. The fourth-order valence-electron chi connectivity index (χ4n) is 4.57. The van der Waals surface area contributed by atoms with Gasteiger partial charge in [0.25, 0.3) is 11.8 Å². The Morgan fingerprint density at radius 2 is 1.54 bits per heavy atom. The molecule has 0 unspecified atom stereocenters. The first-order valence-corrected chi connectivity index (χ1v) is 13.3. The van der Waals surface area contributed by atoms with E-state index in [1.807, 2.05) is 19.1 Å². The number of furan rings is 1. The van der Waals surface area contributed by atoms with Crippen LogP contribution in [0.2, 0.25) is 0 Å². The lowest BCUT2D eigenvalue weighted by atomic mass is 10.1. The maximum absolute atomic E-state index is 12.9. The number of anilines is 3. The number of para-hydroxylation sites is 1. The maximum atomic E-state index is 12.9. The first-order valence-electron chi connectivity index (χ1n) is 13.3. The van der Waals surface area contributed by atoms with Gasteiger partial charge in [-0.25, -0.2) is 4.79 Å². The average molecular weight is 533 g/mol. The van der Waals surface area contributed by atoms with Crippen molar-refractivity contribution in [3.8, 4) is 0 Å². The Bertz CT molecular complexity index is 1270. The summed E-state index contributed by atoms with van der Waals surface area (Å²) in [6.07, 6.45) is 2.04. The van der Waals surface area contributed by atoms with E-state index in [4.69, 9.17) is 4.42 Å². The van der Waals surface area contributed by atoms with Crippen molar-refractivity contribution in [3.05, 3.63) is 77.7 Å². The number of nitrogens with one attached hydrogen (secondary N) is 4. The fourth-order valence-corrected chi connectivity index (χ4v) is 4.57. The van der Waals surface area contributed by atoms with Crippen molar-refractivity contribution in [2.24, 2.45) is 0 Å². The summed E-state index contributed by atoms with van der Waals surface area (Å²) in [4.78, 5) is 41.8. The highest BCUT2D eigenvalue weighted by Crippen LogP contribution is 2.30. The largest absolute Gasteiger partial charge is 0.459 e. The van der Waals surface area contributed by atoms with Gasteiger partial charge in [0.1, 0.15) is 0 Å². The number of urea groups is 1. The van der Waals surface area contributed by atoms with Crippen LogP contribution in [0.4, 0.5) is 21.9 Å². The highest BCUT2D eigenvalue weighted by atomic mass is 16.3. The quantitative estimate of drug-likeness (QED) is 0.296. The number of carbonyl (C=O) groups is 3. The average Bonchev–Trinajstić information content (AvgIpc) is 3.49. The molecular weight excluding hydrogens is 496 g/mol. The van der Waals surface area contributed by atoms with E-state index in [-0.39, 0.29) is 23.6 Å². The summed E-state index contributed by atoms with van der Waals surface area (Å²) in [6, 6.07) is 16.7. The van der Waals surface area contributed by atoms with E-state index in [1.165, 1.54) is 17.5 Å². The number of benzene rings is 2. The van der Waals surface area contributed by atoms with E-state index >= 15 is 0 Å². The zero-order chi connectivity index (χ0) is 27.6. The third-order valence-electron chi connectivity index (χ3n) is 6.59. The molecule has 1 aliphatic rings. The summed E-state index contributed by atoms with van der Waals surface area (Å²) >= 11 is 0. The van der Waals surface area contributed by atoms with E-state index in [9.17, 15) is 14.4 Å². The molecule has 4 N–H and O–H groups in total. The number of hydrogen-bond acceptors (Lipinski definition) is 6. The smallest absolute Gasteiger partial charge is 0.314 e. The van der Waals surface area contributed by atoms with Gasteiger partial charge in [0, 0.05) is 57.1 Å². The van der Waals surface area contributed by atoms with Crippen molar-refractivity contribution in [3.63, 3.8) is 0 Å². The van der Waals surface area contributed by atoms with Gasteiger partial charge in [0.2, 0.25) is 0 Å². The number of amides is 4. The Morgan fingerprint density at radius 3 is 2.23 bits per heavy atom. The van der Waals surface area contributed by atoms with Gasteiger partial charge in [0.15, 0.2) is 5.76 Å². The molecule has 4 rings (SSSR count). The number of piperazine rings is 1. The fraction of sp³-hybridized carbons (Fsp3) is 0.345. The van der Waals surface area contributed by atoms with Crippen molar-refractivity contribution in [1.29, 1.82) is 0 Å².